The van der Waals surface area contributed by atoms with Crippen molar-refractivity contribution < 1.29 is 9.13 Å². The van der Waals surface area contributed by atoms with Crippen LogP contribution in [0.2, 0.25) is 0 Å². The second kappa shape index (κ2) is 7.51. The topological polar surface area (TPSA) is 56.1 Å². The number of halogens is 1. The molecule has 4 rings (SSSR count). The van der Waals surface area contributed by atoms with Crippen LogP contribution in [0.5, 0.6) is 5.88 Å². The second-order valence-electron chi connectivity index (χ2n) is 6.37. The second-order valence-corrected chi connectivity index (χ2v) is 6.37. The molecule has 0 fully saturated rings. The van der Waals surface area contributed by atoms with Crippen LogP contribution >= 0.6 is 0 Å². The summed E-state index contributed by atoms with van der Waals surface area (Å²) in [6.07, 6.45) is 7.93. The molecule has 0 aromatic carbocycles. The zero-order valence-corrected chi connectivity index (χ0v) is 14.3. The summed E-state index contributed by atoms with van der Waals surface area (Å²) in [4.78, 5) is 14.9. The van der Waals surface area contributed by atoms with Crippen LogP contribution in [-0.4, -0.2) is 32.7 Å². The Hall–Kier alpha value is -2.96. The summed E-state index contributed by atoms with van der Waals surface area (Å²) in [5, 5.41) is 0. The first-order chi connectivity index (χ1) is 12.8. The van der Waals surface area contributed by atoms with Crippen molar-refractivity contribution in [2.24, 2.45) is 5.92 Å². The Bertz CT molecular complexity index is 854. The van der Waals surface area contributed by atoms with Gasteiger partial charge in [0.05, 0.1) is 13.2 Å². The molecule has 26 heavy (non-hydrogen) atoms. The summed E-state index contributed by atoms with van der Waals surface area (Å²) >= 11 is 0. The van der Waals surface area contributed by atoms with Crippen LogP contribution in [-0.2, 0) is 13.1 Å². The molecule has 6 nitrogen and oxygen atoms in total. The van der Waals surface area contributed by atoms with Gasteiger partial charge in [-0.3, -0.25) is 0 Å². The van der Waals surface area contributed by atoms with E-state index in [1.807, 2.05) is 6.07 Å². The number of pyridine rings is 1. The van der Waals surface area contributed by atoms with E-state index in [0.717, 1.165) is 32.0 Å². The molecule has 4 heterocycles. The average Bonchev–Trinajstić information content (AvgIpc) is 3.02. The fourth-order valence-corrected chi connectivity index (χ4v) is 3.27. The van der Waals surface area contributed by atoms with E-state index >= 15 is 0 Å². The van der Waals surface area contributed by atoms with Gasteiger partial charge in [-0.2, -0.15) is 0 Å². The summed E-state index contributed by atoms with van der Waals surface area (Å²) in [6, 6.07) is 8.91. The third kappa shape index (κ3) is 3.66. The van der Waals surface area contributed by atoms with Gasteiger partial charge in [-0.25, -0.2) is 19.3 Å². The van der Waals surface area contributed by atoms with Gasteiger partial charge in [0.25, 0.3) is 0 Å². The van der Waals surface area contributed by atoms with E-state index in [1.165, 1.54) is 18.0 Å². The third-order valence-electron chi connectivity index (χ3n) is 4.53. The maximum Gasteiger partial charge on any atom is 0.250 e. The Kier molecular flexibility index (Phi) is 4.77. The third-order valence-corrected chi connectivity index (χ3v) is 4.53. The van der Waals surface area contributed by atoms with E-state index in [4.69, 9.17) is 4.74 Å². The number of nitrogens with zero attached hydrogens (tertiary/aromatic N) is 5. The van der Waals surface area contributed by atoms with Crippen molar-refractivity contribution in [3.8, 4) is 5.88 Å². The Morgan fingerprint density at radius 2 is 1.88 bits per heavy atom. The summed E-state index contributed by atoms with van der Waals surface area (Å²) in [5.41, 5.74) is 1.23. The van der Waals surface area contributed by atoms with Crippen LogP contribution in [0.25, 0.3) is 0 Å². The van der Waals surface area contributed by atoms with Crippen molar-refractivity contribution in [3.63, 3.8) is 0 Å². The van der Waals surface area contributed by atoms with Crippen molar-refractivity contribution in [2.45, 2.75) is 19.5 Å². The molecule has 0 radical (unpaired) electrons. The standard InChI is InChI=1S/C19H20FN5O/c20-17-5-1-7-21-18(17)26-11-6-15-12-24-10-2-4-16(24)14-25(13-15)19-22-8-3-9-23-19/h1-5,7-10,15H,6,11-14H2/t15-/m1/s1. The van der Waals surface area contributed by atoms with E-state index in [0.29, 0.717) is 12.5 Å². The smallest absolute Gasteiger partial charge is 0.250 e. The first kappa shape index (κ1) is 16.5. The van der Waals surface area contributed by atoms with Crippen molar-refractivity contribution >= 4 is 5.95 Å². The van der Waals surface area contributed by atoms with Crippen LogP contribution in [0.3, 0.4) is 0 Å². The van der Waals surface area contributed by atoms with Crippen molar-refractivity contribution in [2.75, 3.05) is 18.1 Å². The minimum Gasteiger partial charge on any atom is -0.476 e. The number of hydrogen-bond donors (Lipinski definition) is 0. The van der Waals surface area contributed by atoms with Crippen LogP contribution in [0.1, 0.15) is 12.1 Å². The highest BCUT2D eigenvalue weighted by atomic mass is 19.1. The predicted molar refractivity (Wildman–Crippen MR) is 95.3 cm³/mol. The number of anilines is 1. The number of fused-ring (bicyclic) bond motifs is 1. The lowest BCUT2D eigenvalue weighted by Gasteiger charge is -2.24. The average molecular weight is 353 g/mol. The molecule has 1 aliphatic rings. The van der Waals surface area contributed by atoms with Gasteiger partial charge in [-0.05, 0) is 42.7 Å². The zero-order chi connectivity index (χ0) is 17.8. The van der Waals surface area contributed by atoms with Gasteiger partial charge in [-0.1, -0.05) is 0 Å². The Morgan fingerprint density at radius 1 is 1.04 bits per heavy atom. The zero-order valence-electron chi connectivity index (χ0n) is 14.3. The monoisotopic (exact) mass is 353 g/mol. The molecular weight excluding hydrogens is 333 g/mol. The van der Waals surface area contributed by atoms with Crippen LogP contribution in [0, 0.1) is 11.7 Å². The maximum absolute atomic E-state index is 13.6. The fourth-order valence-electron chi connectivity index (χ4n) is 3.27. The lowest BCUT2D eigenvalue weighted by atomic mass is 10.1. The molecule has 0 unspecified atom stereocenters. The van der Waals surface area contributed by atoms with Gasteiger partial charge in [-0.15, -0.1) is 0 Å². The van der Waals surface area contributed by atoms with Crippen molar-refractivity contribution in [3.05, 3.63) is 66.6 Å². The Morgan fingerprint density at radius 3 is 2.73 bits per heavy atom. The van der Waals surface area contributed by atoms with Gasteiger partial charge in [0.1, 0.15) is 0 Å². The normalized spacial score (nSPS) is 16.8. The fraction of sp³-hybridized carbons (Fsp3) is 0.316. The summed E-state index contributed by atoms with van der Waals surface area (Å²) in [7, 11) is 0. The van der Waals surface area contributed by atoms with E-state index in [9.17, 15) is 4.39 Å². The van der Waals surface area contributed by atoms with Gasteiger partial charge in [0.15, 0.2) is 5.82 Å². The Balaban J connectivity index is 1.46. The highest BCUT2D eigenvalue weighted by Crippen LogP contribution is 2.22. The highest BCUT2D eigenvalue weighted by Gasteiger charge is 2.23. The summed E-state index contributed by atoms with van der Waals surface area (Å²) in [6.45, 7) is 2.89. The lowest BCUT2D eigenvalue weighted by molar-refractivity contribution is 0.250. The highest BCUT2D eigenvalue weighted by molar-refractivity contribution is 5.31. The number of rotatable bonds is 5. The lowest BCUT2D eigenvalue weighted by Crippen LogP contribution is -2.30. The molecule has 7 heteroatoms. The maximum atomic E-state index is 13.6. The molecule has 3 aromatic heterocycles. The molecule has 0 spiro atoms. The molecule has 1 aliphatic heterocycles. The molecule has 0 N–H and O–H groups in total. The van der Waals surface area contributed by atoms with Crippen molar-refractivity contribution in [1.29, 1.82) is 0 Å². The van der Waals surface area contributed by atoms with E-state index in [1.54, 1.807) is 18.5 Å². The SMILES string of the molecule is Fc1cccnc1OCC[C@H]1CN(c2ncccn2)Cc2cccn2C1. The van der Waals surface area contributed by atoms with Crippen LogP contribution in [0.15, 0.2) is 55.1 Å². The minimum absolute atomic E-state index is 0.0611. The quantitative estimate of drug-likeness (QED) is 0.706. The summed E-state index contributed by atoms with van der Waals surface area (Å²) < 4.78 is 21.4. The first-order valence-electron chi connectivity index (χ1n) is 8.69. The van der Waals surface area contributed by atoms with Crippen LogP contribution < -0.4 is 9.64 Å². The number of aromatic nitrogens is 4. The number of ether oxygens (including phenoxy) is 1. The molecule has 134 valence electrons. The van der Waals surface area contributed by atoms with Gasteiger partial charge < -0.3 is 14.2 Å². The predicted octanol–water partition coefficient (Wildman–Crippen LogP) is 2.92. The van der Waals surface area contributed by atoms with Crippen molar-refractivity contribution in [1.82, 2.24) is 19.5 Å². The molecule has 0 aliphatic carbocycles. The first-order valence-corrected chi connectivity index (χ1v) is 8.69. The molecule has 0 saturated heterocycles. The van der Waals surface area contributed by atoms with Gasteiger partial charge in [0, 0.05) is 43.6 Å². The van der Waals surface area contributed by atoms with E-state index in [-0.39, 0.29) is 5.88 Å². The minimum atomic E-state index is -0.430. The molecular formula is C19H20FN5O. The Labute approximate surface area is 151 Å². The summed E-state index contributed by atoms with van der Waals surface area (Å²) in [5.74, 6) is 0.689. The van der Waals surface area contributed by atoms with E-state index < -0.39 is 5.82 Å². The van der Waals surface area contributed by atoms with Gasteiger partial charge >= 0.3 is 0 Å². The molecule has 0 amide bonds. The molecule has 0 bridgehead atoms. The molecule has 1 atom stereocenters. The molecule has 0 saturated carbocycles. The molecule has 3 aromatic rings. The van der Waals surface area contributed by atoms with Gasteiger partial charge in [0.2, 0.25) is 11.8 Å². The number of hydrogen-bond acceptors (Lipinski definition) is 5. The van der Waals surface area contributed by atoms with E-state index in [2.05, 4.69) is 42.7 Å². The largest absolute Gasteiger partial charge is 0.476 e. The van der Waals surface area contributed by atoms with Crippen LogP contribution in [0.4, 0.5) is 10.3 Å².